The molecule has 3 rings (SSSR count). The van der Waals surface area contributed by atoms with E-state index >= 15 is 0 Å². The number of anilines is 1. The van der Waals surface area contributed by atoms with Crippen LogP contribution in [0.3, 0.4) is 0 Å². The molecule has 0 unspecified atom stereocenters. The van der Waals surface area contributed by atoms with Crippen molar-refractivity contribution in [3.8, 4) is 0 Å². The van der Waals surface area contributed by atoms with Gasteiger partial charge in [-0.3, -0.25) is 4.79 Å². The van der Waals surface area contributed by atoms with E-state index in [1.54, 1.807) is 6.07 Å². The Morgan fingerprint density at radius 1 is 1.15 bits per heavy atom. The van der Waals surface area contributed by atoms with Crippen molar-refractivity contribution in [3.63, 3.8) is 0 Å². The molecule has 20 heavy (non-hydrogen) atoms. The lowest BCUT2D eigenvalue weighted by molar-refractivity contribution is 0.102. The Bertz CT molecular complexity index is 779. The van der Waals surface area contributed by atoms with Gasteiger partial charge in [0.25, 0.3) is 5.91 Å². The van der Waals surface area contributed by atoms with E-state index in [4.69, 9.17) is 4.42 Å². The number of carbonyl (C=O) groups is 1. The molecule has 0 aliphatic rings. The number of aromatic nitrogens is 1. The zero-order valence-corrected chi connectivity index (χ0v) is 9.84. The molecule has 0 spiro atoms. The Kier molecular flexibility index (Phi) is 2.74. The fourth-order valence-corrected chi connectivity index (χ4v) is 1.78. The molecule has 7 heteroatoms. The van der Waals surface area contributed by atoms with Crippen molar-refractivity contribution in [2.75, 3.05) is 5.32 Å². The summed E-state index contributed by atoms with van der Waals surface area (Å²) in [5, 5.41) is 2.15. The number of nitrogens with one attached hydrogen (secondary N) is 2. The maximum absolute atomic E-state index is 13.4. The average Bonchev–Trinajstić information content (AvgIpc) is 3.00. The molecular formula is C13H7F3N2O2. The van der Waals surface area contributed by atoms with Crippen LogP contribution in [0.4, 0.5) is 18.9 Å². The monoisotopic (exact) mass is 280 g/mol. The molecule has 0 aliphatic heterocycles. The van der Waals surface area contributed by atoms with E-state index in [0.29, 0.717) is 11.1 Å². The number of hydrogen-bond acceptors (Lipinski definition) is 2. The highest BCUT2D eigenvalue weighted by atomic mass is 19.2. The van der Waals surface area contributed by atoms with Gasteiger partial charge < -0.3 is 14.7 Å². The van der Waals surface area contributed by atoms with Crippen molar-refractivity contribution in [1.82, 2.24) is 4.98 Å². The van der Waals surface area contributed by atoms with Gasteiger partial charge in [0.1, 0.15) is 5.69 Å². The van der Waals surface area contributed by atoms with Crippen LogP contribution in [0, 0.1) is 17.5 Å². The molecule has 102 valence electrons. The molecule has 2 aromatic heterocycles. The number of halogens is 3. The number of hydrogen-bond donors (Lipinski definition) is 2. The highest BCUT2D eigenvalue weighted by Crippen LogP contribution is 2.21. The van der Waals surface area contributed by atoms with Gasteiger partial charge in [0.15, 0.2) is 23.0 Å². The second-order valence-electron chi connectivity index (χ2n) is 4.06. The van der Waals surface area contributed by atoms with E-state index in [-0.39, 0.29) is 5.69 Å². The Balaban J connectivity index is 1.89. The van der Waals surface area contributed by atoms with Gasteiger partial charge >= 0.3 is 0 Å². The van der Waals surface area contributed by atoms with Crippen LogP contribution >= 0.6 is 0 Å². The van der Waals surface area contributed by atoms with Crippen molar-refractivity contribution in [2.24, 2.45) is 0 Å². The van der Waals surface area contributed by atoms with E-state index in [9.17, 15) is 18.0 Å². The molecule has 2 heterocycles. The molecule has 0 aliphatic carbocycles. The van der Waals surface area contributed by atoms with Crippen LogP contribution < -0.4 is 5.32 Å². The van der Waals surface area contributed by atoms with Crippen molar-refractivity contribution < 1.29 is 22.4 Å². The molecule has 2 N–H and O–H groups in total. The van der Waals surface area contributed by atoms with Gasteiger partial charge in [-0.25, -0.2) is 13.2 Å². The first kappa shape index (κ1) is 12.3. The summed E-state index contributed by atoms with van der Waals surface area (Å²) >= 11 is 0. The van der Waals surface area contributed by atoms with E-state index in [1.807, 2.05) is 0 Å². The minimum atomic E-state index is -1.64. The minimum absolute atomic E-state index is 0.114. The highest BCUT2D eigenvalue weighted by molar-refractivity contribution is 6.05. The zero-order valence-electron chi connectivity index (χ0n) is 9.84. The number of amides is 1. The van der Waals surface area contributed by atoms with E-state index in [1.165, 1.54) is 12.3 Å². The largest absolute Gasteiger partial charge is 0.463 e. The summed E-state index contributed by atoms with van der Waals surface area (Å²) in [5.74, 6) is -5.10. The van der Waals surface area contributed by atoms with Gasteiger partial charge in [-0.05, 0) is 12.1 Å². The maximum Gasteiger partial charge on any atom is 0.272 e. The van der Waals surface area contributed by atoms with E-state index in [2.05, 4.69) is 10.3 Å². The predicted octanol–water partition coefficient (Wildman–Crippen LogP) is 3.43. The highest BCUT2D eigenvalue weighted by Gasteiger charge is 2.17. The second kappa shape index (κ2) is 4.44. The summed E-state index contributed by atoms with van der Waals surface area (Å²) in [6.45, 7) is 0. The van der Waals surface area contributed by atoms with Gasteiger partial charge in [-0.1, -0.05) is 0 Å². The number of rotatable bonds is 2. The maximum atomic E-state index is 13.4. The third-order valence-corrected chi connectivity index (χ3v) is 2.77. The molecule has 0 bridgehead atoms. The number of benzene rings is 1. The molecule has 0 saturated heterocycles. The topological polar surface area (TPSA) is 58.0 Å². The molecule has 0 atom stereocenters. The van der Waals surface area contributed by atoms with Gasteiger partial charge in [0, 0.05) is 12.1 Å². The second-order valence-corrected chi connectivity index (χ2v) is 4.06. The number of carbonyl (C=O) groups excluding carboxylic acids is 1. The van der Waals surface area contributed by atoms with E-state index < -0.39 is 29.0 Å². The quantitative estimate of drug-likeness (QED) is 0.706. The van der Waals surface area contributed by atoms with E-state index in [0.717, 1.165) is 12.1 Å². The van der Waals surface area contributed by atoms with Gasteiger partial charge in [0.05, 0.1) is 17.5 Å². The van der Waals surface area contributed by atoms with Gasteiger partial charge in [0.2, 0.25) is 0 Å². The molecule has 3 aromatic rings. The molecule has 1 amide bonds. The molecular weight excluding hydrogens is 273 g/mol. The first-order chi connectivity index (χ1) is 9.56. The molecule has 0 saturated carbocycles. The predicted molar refractivity (Wildman–Crippen MR) is 64.8 cm³/mol. The lowest BCUT2D eigenvalue weighted by Gasteiger charge is -2.06. The summed E-state index contributed by atoms with van der Waals surface area (Å²) < 4.78 is 44.3. The normalized spacial score (nSPS) is 10.9. The minimum Gasteiger partial charge on any atom is -0.463 e. The molecule has 0 radical (unpaired) electrons. The van der Waals surface area contributed by atoms with Crippen molar-refractivity contribution in [2.45, 2.75) is 0 Å². The number of fused-ring (bicyclic) bond motifs is 1. The fraction of sp³-hybridized carbons (Fsp3) is 0. The molecule has 4 nitrogen and oxygen atoms in total. The standard InChI is InChI=1S/C13H7F3N2O2/c14-6-1-2-8(12(16)11(6)15)18-13(19)9-5-10-7(17-9)3-4-20-10/h1-5,17H,(H,18,19). The van der Waals surface area contributed by atoms with Crippen molar-refractivity contribution in [3.05, 3.63) is 53.7 Å². The summed E-state index contributed by atoms with van der Waals surface area (Å²) in [7, 11) is 0. The summed E-state index contributed by atoms with van der Waals surface area (Å²) in [5.41, 5.74) is 0.727. The number of aromatic amines is 1. The third kappa shape index (κ3) is 1.93. The van der Waals surface area contributed by atoms with Gasteiger partial charge in [-0.2, -0.15) is 0 Å². The lowest BCUT2D eigenvalue weighted by atomic mass is 10.2. The van der Waals surface area contributed by atoms with Crippen LogP contribution in [0.1, 0.15) is 10.5 Å². The van der Waals surface area contributed by atoms with Crippen LogP contribution in [0.25, 0.3) is 11.1 Å². The Morgan fingerprint density at radius 2 is 1.95 bits per heavy atom. The van der Waals surface area contributed by atoms with Crippen LogP contribution in [0.2, 0.25) is 0 Å². The first-order valence-corrected chi connectivity index (χ1v) is 5.57. The van der Waals surface area contributed by atoms with Crippen LogP contribution in [0.15, 0.2) is 34.9 Å². The zero-order chi connectivity index (χ0) is 14.3. The summed E-state index contributed by atoms with van der Waals surface area (Å²) in [6, 6.07) is 4.71. The average molecular weight is 280 g/mol. The molecule has 1 aromatic carbocycles. The van der Waals surface area contributed by atoms with Crippen molar-refractivity contribution in [1.29, 1.82) is 0 Å². The first-order valence-electron chi connectivity index (χ1n) is 5.57. The summed E-state index contributed by atoms with van der Waals surface area (Å²) in [4.78, 5) is 14.6. The smallest absolute Gasteiger partial charge is 0.272 e. The Morgan fingerprint density at radius 3 is 2.70 bits per heavy atom. The fourth-order valence-electron chi connectivity index (χ4n) is 1.78. The Labute approximate surface area is 110 Å². The third-order valence-electron chi connectivity index (χ3n) is 2.77. The SMILES string of the molecule is O=C(Nc1ccc(F)c(F)c1F)c1cc2occc2[nH]1. The lowest BCUT2D eigenvalue weighted by Crippen LogP contribution is -2.14. The molecule has 0 fully saturated rings. The Hall–Kier alpha value is -2.70. The number of furan rings is 1. The summed E-state index contributed by atoms with van der Waals surface area (Å²) in [6.07, 6.45) is 1.44. The van der Waals surface area contributed by atoms with Gasteiger partial charge in [-0.15, -0.1) is 0 Å². The number of H-pyrrole nitrogens is 1. The van der Waals surface area contributed by atoms with Crippen LogP contribution in [-0.4, -0.2) is 10.9 Å². The van der Waals surface area contributed by atoms with Crippen LogP contribution in [-0.2, 0) is 0 Å². The van der Waals surface area contributed by atoms with Crippen molar-refractivity contribution >= 4 is 22.7 Å². The van der Waals surface area contributed by atoms with Crippen LogP contribution in [0.5, 0.6) is 0 Å².